The Kier molecular flexibility index (Phi) is 4.78. The van der Waals surface area contributed by atoms with Gasteiger partial charge in [-0.25, -0.2) is 0 Å². The first-order valence-corrected chi connectivity index (χ1v) is 7.46. The van der Waals surface area contributed by atoms with Gasteiger partial charge in [0.15, 0.2) is 13.2 Å². The van der Waals surface area contributed by atoms with Gasteiger partial charge in [-0.1, -0.05) is 35.9 Å². The highest BCUT2D eigenvalue weighted by atomic mass is 35.5. The second kappa shape index (κ2) is 7.15. The molecule has 0 aliphatic rings. The molecule has 0 fully saturated rings. The molecule has 0 saturated carbocycles. The van der Waals surface area contributed by atoms with Crippen LogP contribution in [0.5, 0.6) is 11.5 Å². The van der Waals surface area contributed by atoms with Crippen LogP contribution in [0.15, 0.2) is 52.9 Å². The van der Waals surface area contributed by atoms with Crippen LogP contribution >= 0.6 is 11.6 Å². The lowest BCUT2D eigenvalue weighted by Crippen LogP contribution is -1.96. The molecule has 0 bridgehead atoms. The quantitative estimate of drug-likeness (QED) is 0.678. The van der Waals surface area contributed by atoms with Crippen LogP contribution < -0.4 is 9.47 Å². The molecule has 3 aromatic rings. The van der Waals surface area contributed by atoms with Crippen molar-refractivity contribution < 1.29 is 13.9 Å². The molecule has 1 aromatic heterocycles. The number of ether oxygens (including phenoxy) is 2. The average molecular weight is 331 g/mol. The maximum atomic E-state index is 6.07. The molecule has 0 spiro atoms. The van der Waals surface area contributed by atoms with Crippen LogP contribution in [0, 0.1) is 6.92 Å². The summed E-state index contributed by atoms with van der Waals surface area (Å²) >= 11 is 6.07. The fourth-order valence-electron chi connectivity index (χ4n) is 1.93. The SMILES string of the molecule is Cc1ccc(Cl)c(OCc2nnc(COc3ccccc3)o2)c1. The summed E-state index contributed by atoms with van der Waals surface area (Å²) in [6.07, 6.45) is 0. The molecule has 118 valence electrons. The number of rotatable bonds is 6. The molecule has 0 aliphatic carbocycles. The van der Waals surface area contributed by atoms with Crippen molar-refractivity contribution in [1.29, 1.82) is 0 Å². The van der Waals surface area contributed by atoms with Crippen molar-refractivity contribution in [2.45, 2.75) is 20.1 Å². The number of benzene rings is 2. The van der Waals surface area contributed by atoms with Crippen molar-refractivity contribution in [3.8, 4) is 11.5 Å². The van der Waals surface area contributed by atoms with Crippen molar-refractivity contribution in [2.24, 2.45) is 0 Å². The van der Waals surface area contributed by atoms with E-state index in [4.69, 9.17) is 25.5 Å². The third kappa shape index (κ3) is 4.23. The van der Waals surface area contributed by atoms with Gasteiger partial charge in [0, 0.05) is 0 Å². The van der Waals surface area contributed by atoms with Gasteiger partial charge in [0.05, 0.1) is 5.02 Å². The molecular weight excluding hydrogens is 316 g/mol. The lowest BCUT2D eigenvalue weighted by molar-refractivity contribution is 0.232. The maximum absolute atomic E-state index is 6.07. The molecule has 2 aromatic carbocycles. The standard InChI is InChI=1S/C17H15ClN2O3/c1-12-7-8-14(18)15(9-12)22-11-17-20-19-16(23-17)10-21-13-5-3-2-4-6-13/h2-9H,10-11H2,1H3. The Morgan fingerprint density at radius 1 is 0.957 bits per heavy atom. The number of hydrogen-bond donors (Lipinski definition) is 0. The number of para-hydroxylation sites is 1. The number of aromatic nitrogens is 2. The normalized spacial score (nSPS) is 10.5. The Hall–Kier alpha value is -2.53. The third-order valence-corrected chi connectivity index (χ3v) is 3.36. The molecule has 0 N–H and O–H groups in total. The summed E-state index contributed by atoms with van der Waals surface area (Å²) in [5, 5.41) is 8.40. The summed E-state index contributed by atoms with van der Waals surface area (Å²) in [5.74, 6) is 2.10. The highest BCUT2D eigenvalue weighted by molar-refractivity contribution is 6.32. The molecule has 3 rings (SSSR count). The first-order chi connectivity index (χ1) is 11.2. The fraction of sp³-hybridized carbons (Fsp3) is 0.176. The van der Waals surface area contributed by atoms with E-state index in [1.165, 1.54) is 0 Å². The summed E-state index contributed by atoms with van der Waals surface area (Å²) in [4.78, 5) is 0. The zero-order valence-corrected chi connectivity index (χ0v) is 13.3. The molecule has 0 unspecified atom stereocenters. The lowest BCUT2D eigenvalue weighted by Gasteiger charge is -2.06. The summed E-state index contributed by atoms with van der Waals surface area (Å²) in [5.41, 5.74) is 1.06. The lowest BCUT2D eigenvalue weighted by atomic mass is 10.2. The Morgan fingerprint density at radius 2 is 1.65 bits per heavy atom. The number of nitrogens with zero attached hydrogens (tertiary/aromatic N) is 2. The van der Waals surface area contributed by atoms with Crippen molar-refractivity contribution in [2.75, 3.05) is 0 Å². The van der Waals surface area contributed by atoms with Gasteiger partial charge in [0.2, 0.25) is 0 Å². The number of aryl methyl sites for hydroxylation is 1. The van der Waals surface area contributed by atoms with Crippen LogP contribution in [0.2, 0.25) is 5.02 Å². The fourth-order valence-corrected chi connectivity index (χ4v) is 2.10. The van der Waals surface area contributed by atoms with E-state index in [0.717, 1.165) is 11.3 Å². The summed E-state index contributed by atoms with van der Waals surface area (Å²) < 4.78 is 16.6. The van der Waals surface area contributed by atoms with E-state index >= 15 is 0 Å². The van der Waals surface area contributed by atoms with Crippen LogP contribution in [-0.2, 0) is 13.2 Å². The Balaban J connectivity index is 1.56. The second-order valence-electron chi connectivity index (χ2n) is 4.91. The molecule has 0 amide bonds. The average Bonchev–Trinajstić information content (AvgIpc) is 3.03. The smallest absolute Gasteiger partial charge is 0.254 e. The Morgan fingerprint density at radius 3 is 2.39 bits per heavy atom. The van der Waals surface area contributed by atoms with Crippen LogP contribution in [0.4, 0.5) is 0 Å². The molecule has 23 heavy (non-hydrogen) atoms. The van der Waals surface area contributed by atoms with Gasteiger partial charge in [-0.15, -0.1) is 10.2 Å². The van der Waals surface area contributed by atoms with Crippen molar-refractivity contribution >= 4 is 11.6 Å². The van der Waals surface area contributed by atoms with E-state index in [9.17, 15) is 0 Å². The van der Waals surface area contributed by atoms with E-state index in [1.807, 2.05) is 49.4 Å². The molecule has 0 radical (unpaired) electrons. The summed E-state index contributed by atoms with van der Waals surface area (Å²) in [6.45, 7) is 2.33. The van der Waals surface area contributed by atoms with E-state index in [-0.39, 0.29) is 13.2 Å². The topological polar surface area (TPSA) is 57.4 Å². The van der Waals surface area contributed by atoms with E-state index in [0.29, 0.717) is 22.6 Å². The Labute approximate surface area is 138 Å². The van der Waals surface area contributed by atoms with Gasteiger partial charge in [0.1, 0.15) is 11.5 Å². The van der Waals surface area contributed by atoms with E-state index in [2.05, 4.69) is 10.2 Å². The molecule has 5 nitrogen and oxygen atoms in total. The predicted octanol–water partition coefficient (Wildman–Crippen LogP) is 4.19. The molecule has 6 heteroatoms. The molecule has 0 aliphatic heterocycles. The summed E-state index contributed by atoms with van der Waals surface area (Å²) in [7, 11) is 0. The van der Waals surface area contributed by atoms with Crippen molar-refractivity contribution in [3.05, 3.63) is 70.9 Å². The monoisotopic (exact) mass is 330 g/mol. The summed E-state index contributed by atoms with van der Waals surface area (Å²) in [6, 6.07) is 15.0. The first kappa shape index (κ1) is 15.4. The van der Waals surface area contributed by atoms with Crippen LogP contribution in [0.25, 0.3) is 0 Å². The van der Waals surface area contributed by atoms with Crippen LogP contribution in [-0.4, -0.2) is 10.2 Å². The third-order valence-electron chi connectivity index (χ3n) is 3.05. The zero-order valence-electron chi connectivity index (χ0n) is 12.5. The van der Waals surface area contributed by atoms with Gasteiger partial charge < -0.3 is 13.9 Å². The van der Waals surface area contributed by atoms with Crippen molar-refractivity contribution in [3.63, 3.8) is 0 Å². The minimum atomic E-state index is 0.154. The minimum Gasteiger partial charge on any atom is -0.484 e. The zero-order chi connectivity index (χ0) is 16.1. The van der Waals surface area contributed by atoms with E-state index < -0.39 is 0 Å². The molecular formula is C17H15ClN2O3. The van der Waals surface area contributed by atoms with Crippen molar-refractivity contribution in [1.82, 2.24) is 10.2 Å². The minimum absolute atomic E-state index is 0.154. The highest BCUT2D eigenvalue weighted by Gasteiger charge is 2.09. The molecule has 0 atom stereocenters. The van der Waals surface area contributed by atoms with Crippen LogP contribution in [0.3, 0.4) is 0 Å². The first-order valence-electron chi connectivity index (χ1n) is 7.09. The number of halogens is 1. The molecule has 1 heterocycles. The van der Waals surface area contributed by atoms with Gasteiger partial charge in [-0.3, -0.25) is 0 Å². The van der Waals surface area contributed by atoms with E-state index in [1.54, 1.807) is 6.07 Å². The Bertz CT molecular complexity index is 775. The van der Waals surface area contributed by atoms with Gasteiger partial charge in [-0.05, 0) is 36.8 Å². The maximum Gasteiger partial charge on any atom is 0.254 e. The van der Waals surface area contributed by atoms with Crippen LogP contribution in [0.1, 0.15) is 17.3 Å². The molecule has 0 saturated heterocycles. The number of hydrogen-bond acceptors (Lipinski definition) is 5. The van der Waals surface area contributed by atoms with Gasteiger partial charge in [-0.2, -0.15) is 0 Å². The van der Waals surface area contributed by atoms with Gasteiger partial charge in [0.25, 0.3) is 11.8 Å². The second-order valence-corrected chi connectivity index (χ2v) is 5.32. The van der Waals surface area contributed by atoms with Gasteiger partial charge >= 0.3 is 0 Å². The predicted molar refractivity (Wildman–Crippen MR) is 85.6 cm³/mol. The highest BCUT2D eigenvalue weighted by Crippen LogP contribution is 2.26. The largest absolute Gasteiger partial charge is 0.484 e.